The van der Waals surface area contributed by atoms with Gasteiger partial charge in [0, 0.05) is 50.7 Å². The zero-order chi connectivity index (χ0) is 18.9. The fourth-order valence-corrected chi connectivity index (χ4v) is 3.43. The highest BCUT2D eigenvalue weighted by molar-refractivity contribution is 5.90. The van der Waals surface area contributed by atoms with E-state index in [9.17, 15) is 9.59 Å². The Morgan fingerprint density at radius 3 is 2.41 bits per heavy atom. The van der Waals surface area contributed by atoms with Crippen molar-refractivity contribution >= 4 is 17.6 Å². The van der Waals surface area contributed by atoms with E-state index in [0.717, 1.165) is 44.6 Å². The van der Waals surface area contributed by atoms with E-state index in [4.69, 9.17) is 0 Å². The molecule has 1 aliphatic rings. The summed E-state index contributed by atoms with van der Waals surface area (Å²) in [6.45, 7) is 2.94. The SMILES string of the molecule is O=C(CCC1CCN(C(=O)NCCn2cccc2)CC1)Nc1ccccc1. The zero-order valence-corrected chi connectivity index (χ0v) is 15.6. The lowest BCUT2D eigenvalue weighted by molar-refractivity contribution is -0.116. The summed E-state index contributed by atoms with van der Waals surface area (Å²) in [4.78, 5) is 26.2. The molecule has 1 saturated heterocycles. The van der Waals surface area contributed by atoms with Crippen LogP contribution in [-0.2, 0) is 11.3 Å². The fraction of sp³-hybridized carbons (Fsp3) is 0.429. The number of carbonyl (C=O) groups is 2. The van der Waals surface area contributed by atoms with Crippen LogP contribution in [0.25, 0.3) is 0 Å². The molecule has 6 heteroatoms. The summed E-state index contributed by atoms with van der Waals surface area (Å²) in [5.41, 5.74) is 0.842. The molecule has 1 aliphatic heterocycles. The number of anilines is 1. The van der Waals surface area contributed by atoms with Crippen LogP contribution in [0.3, 0.4) is 0 Å². The van der Waals surface area contributed by atoms with Crippen LogP contribution in [0.2, 0.25) is 0 Å². The Morgan fingerprint density at radius 1 is 1.00 bits per heavy atom. The number of para-hydroxylation sites is 1. The minimum atomic E-state index is 0.0161. The van der Waals surface area contributed by atoms with Crippen molar-refractivity contribution in [3.63, 3.8) is 0 Å². The molecule has 0 bridgehead atoms. The summed E-state index contributed by atoms with van der Waals surface area (Å²) in [6.07, 6.45) is 7.31. The topological polar surface area (TPSA) is 66.4 Å². The zero-order valence-electron chi connectivity index (χ0n) is 15.6. The number of aromatic nitrogens is 1. The quantitative estimate of drug-likeness (QED) is 0.787. The predicted octanol–water partition coefficient (Wildman–Crippen LogP) is 3.33. The molecule has 0 aliphatic carbocycles. The summed E-state index contributed by atoms with van der Waals surface area (Å²) in [7, 11) is 0. The first kappa shape index (κ1) is 19.0. The maximum absolute atomic E-state index is 12.2. The third kappa shape index (κ3) is 6.16. The molecule has 1 aromatic heterocycles. The maximum atomic E-state index is 12.2. The average molecular weight is 368 g/mol. The molecule has 0 spiro atoms. The number of urea groups is 1. The highest BCUT2D eigenvalue weighted by atomic mass is 16.2. The van der Waals surface area contributed by atoms with Gasteiger partial charge in [-0.3, -0.25) is 4.79 Å². The molecular formula is C21H28N4O2. The van der Waals surface area contributed by atoms with Crippen LogP contribution in [0.5, 0.6) is 0 Å². The van der Waals surface area contributed by atoms with Crippen molar-refractivity contribution in [2.75, 3.05) is 25.0 Å². The van der Waals surface area contributed by atoms with Crippen LogP contribution < -0.4 is 10.6 Å². The second-order valence-corrected chi connectivity index (χ2v) is 7.04. The number of hydrogen-bond acceptors (Lipinski definition) is 2. The van der Waals surface area contributed by atoms with Gasteiger partial charge in [-0.15, -0.1) is 0 Å². The molecule has 3 amide bonds. The Kier molecular flexibility index (Phi) is 6.90. The molecule has 144 valence electrons. The third-order valence-electron chi connectivity index (χ3n) is 5.05. The van der Waals surface area contributed by atoms with Gasteiger partial charge in [0.25, 0.3) is 0 Å². The van der Waals surface area contributed by atoms with Gasteiger partial charge in [-0.2, -0.15) is 0 Å². The van der Waals surface area contributed by atoms with Gasteiger partial charge >= 0.3 is 6.03 Å². The molecule has 0 atom stereocenters. The van der Waals surface area contributed by atoms with Gasteiger partial charge in [0.2, 0.25) is 5.91 Å². The van der Waals surface area contributed by atoms with Gasteiger partial charge < -0.3 is 20.1 Å². The molecule has 1 fully saturated rings. The van der Waals surface area contributed by atoms with E-state index in [1.807, 2.05) is 64.3 Å². The Morgan fingerprint density at radius 2 is 1.70 bits per heavy atom. The van der Waals surface area contributed by atoms with Crippen molar-refractivity contribution in [2.45, 2.75) is 32.2 Å². The number of amides is 3. The van der Waals surface area contributed by atoms with Crippen LogP contribution in [-0.4, -0.2) is 41.0 Å². The minimum absolute atomic E-state index is 0.0161. The second kappa shape index (κ2) is 9.80. The smallest absolute Gasteiger partial charge is 0.317 e. The normalized spacial score (nSPS) is 14.7. The van der Waals surface area contributed by atoms with Crippen molar-refractivity contribution in [2.24, 2.45) is 5.92 Å². The molecule has 0 radical (unpaired) electrons. The van der Waals surface area contributed by atoms with Crippen molar-refractivity contribution in [1.29, 1.82) is 0 Å². The monoisotopic (exact) mass is 368 g/mol. The highest BCUT2D eigenvalue weighted by Crippen LogP contribution is 2.22. The number of nitrogens with one attached hydrogen (secondary N) is 2. The van der Waals surface area contributed by atoms with Crippen LogP contribution in [0.15, 0.2) is 54.9 Å². The number of hydrogen-bond donors (Lipinski definition) is 2. The summed E-state index contributed by atoms with van der Waals surface area (Å²) < 4.78 is 2.05. The standard InChI is InChI=1S/C21H28N4O2/c26-20(23-19-6-2-1-3-7-19)9-8-18-10-15-25(16-11-18)21(27)22-12-17-24-13-4-5-14-24/h1-7,13-14,18H,8-12,15-17H2,(H,22,27)(H,23,26). The first-order chi connectivity index (χ1) is 13.2. The molecule has 2 aromatic rings. The lowest BCUT2D eigenvalue weighted by Crippen LogP contribution is -2.45. The van der Waals surface area contributed by atoms with Crippen LogP contribution in [0.1, 0.15) is 25.7 Å². The first-order valence-corrected chi connectivity index (χ1v) is 9.69. The van der Waals surface area contributed by atoms with E-state index in [-0.39, 0.29) is 11.9 Å². The summed E-state index contributed by atoms with van der Waals surface area (Å²) >= 11 is 0. The molecule has 0 unspecified atom stereocenters. The number of piperidine rings is 1. The molecule has 0 saturated carbocycles. The van der Waals surface area contributed by atoms with Crippen LogP contribution in [0.4, 0.5) is 10.5 Å². The van der Waals surface area contributed by atoms with Gasteiger partial charge in [-0.25, -0.2) is 4.79 Å². The van der Waals surface area contributed by atoms with Gasteiger partial charge in [-0.1, -0.05) is 18.2 Å². The average Bonchev–Trinajstić information content (AvgIpc) is 3.21. The molecule has 2 N–H and O–H groups in total. The molecule has 6 nitrogen and oxygen atoms in total. The minimum Gasteiger partial charge on any atom is -0.353 e. The van der Waals surface area contributed by atoms with E-state index < -0.39 is 0 Å². The van der Waals surface area contributed by atoms with Gasteiger partial charge in [-0.05, 0) is 49.4 Å². The van der Waals surface area contributed by atoms with Crippen molar-refractivity contribution < 1.29 is 9.59 Å². The van der Waals surface area contributed by atoms with Crippen LogP contribution >= 0.6 is 0 Å². The maximum Gasteiger partial charge on any atom is 0.317 e. The number of rotatable bonds is 7. The Bertz CT molecular complexity index is 707. The third-order valence-corrected chi connectivity index (χ3v) is 5.05. The predicted molar refractivity (Wildman–Crippen MR) is 106 cm³/mol. The molecule has 3 rings (SSSR count). The summed E-state index contributed by atoms with van der Waals surface area (Å²) in [5, 5.41) is 5.91. The largest absolute Gasteiger partial charge is 0.353 e. The van der Waals surface area contributed by atoms with Gasteiger partial charge in [0.05, 0.1) is 0 Å². The van der Waals surface area contributed by atoms with Crippen LogP contribution in [0, 0.1) is 5.92 Å². The van der Waals surface area contributed by atoms with Crippen molar-refractivity contribution in [1.82, 2.24) is 14.8 Å². The summed E-state index contributed by atoms with van der Waals surface area (Å²) in [6, 6.07) is 13.5. The number of likely N-dealkylation sites (tertiary alicyclic amines) is 1. The number of carbonyl (C=O) groups excluding carboxylic acids is 2. The lowest BCUT2D eigenvalue weighted by atomic mass is 9.92. The van der Waals surface area contributed by atoms with E-state index in [1.165, 1.54) is 0 Å². The van der Waals surface area contributed by atoms with Gasteiger partial charge in [0.15, 0.2) is 0 Å². The number of benzene rings is 1. The Labute approximate surface area is 160 Å². The van der Waals surface area contributed by atoms with Gasteiger partial charge in [0.1, 0.15) is 0 Å². The summed E-state index contributed by atoms with van der Waals surface area (Å²) in [5.74, 6) is 0.571. The molecule has 27 heavy (non-hydrogen) atoms. The molecule has 1 aromatic carbocycles. The van der Waals surface area contributed by atoms with E-state index >= 15 is 0 Å². The van der Waals surface area contributed by atoms with Crippen molar-refractivity contribution in [3.8, 4) is 0 Å². The Hall–Kier alpha value is -2.76. The Balaban J connectivity index is 1.30. The van der Waals surface area contributed by atoms with E-state index in [0.29, 0.717) is 18.9 Å². The van der Waals surface area contributed by atoms with E-state index in [1.54, 1.807) is 0 Å². The highest BCUT2D eigenvalue weighted by Gasteiger charge is 2.23. The first-order valence-electron chi connectivity index (χ1n) is 9.69. The fourth-order valence-electron chi connectivity index (χ4n) is 3.43. The second-order valence-electron chi connectivity index (χ2n) is 7.04. The molecule has 2 heterocycles. The molecular weight excluding hydrogens is 340 g/mol. The van der Waals surface area contributed by atoms with Crippen molar-refractivity contribution in [3.05, 3.63) is 54.9 Å². The van der Waals surface area contributed by atoms with E-state index in [2.05, 4.69) is 10.6 Å². The lowest BCUT2D eigenvalue weighted by Gasteiger charge is -2.32. The number of nitrogens with zero attached hydrogens (tertiary/aromatic N) is 2.